The number of nitrogen functional groups attached to an aromatic ring is 1. The van der Waals surface area contributed by atoms with Gasteiger partial charge in [0, 0.05) is 24.2 Å². The molecule has 1 aromatic carbocycles. The molecule has 2 aliphatic rings. The predicted molar refractivity (Wildman–Crippen MR) is 121 cm³/mol. The Bertz CT molecular complexity index is 1130. The molecule has 4 rings (SSSR count). The topological polar surface area (TPSA) is 143 Å². The van der Waals surface area contributed by atoms with Crippen LogP contribution in [-0.2, 0) is 27.9 Å². The fraction of sp³-hybridized carbons (Fsp3) is 0.350. The van der Waals surface area contributed by atoms with Gasteiger partial charge in [-0.05, 0) is 24.1 Å². The van der Waals surface area contributed by atoms with Crippen molar-refractivity contribution in [1.82, 2.24) is 25.0 Å². The average molecular weight is 475 g/mol. The number of rotatable bonds is 7. The van der Waals surface area contributed by atoms with Crippen molar-refractivity contribution in [2.24, 2.45) is 7.05 Å². The van der Waals surface area contributed by atoms with E-state index < -0.39 is 23.3 Å². The molecule has 2 aromatic rings. The molecule has 1 aromatic heterocycles. The van der Waals surface area contributed by atoms with Gasteiger partial charge in [-0.15, -0.1) is 22.0 Å². The van der Waals surface area contributed by atoms with E-state index in [1.54, 1.807) is 24.3 Å². The van der Waals surface area contributed by atoms with Crippen LogP contribution in [0.3, 0.4) is 0 Å². The number of nitrogens with one attached hydrogen (secondary N) is 1. The van der Waals surface area contributed by atoms with Crippen LogP contribution in [0, 0.1) is 6.92 Å². The number of para-hydroxylation sites is 1. The molecule has 3 heterocycles. The summed E-state index contributed by atoms with van der Waals surface area (Å²) in [5, 5.41) is 20.8. The van der Waals surface area contributed by atoms with Gasteiger partial charge < -0.3 is 20.7 Å². The zero-order valence-electron chi connectivity index (χ0n) is 17.4. The number of aromatic nitrogens is 3. The molecule has 0 saturated carbocycles. The second-order valence-corrected chi connectivity index (χ2v) is 9.51. The largest absolute Gasteiger partial charge is 0.477 e. The first-order chi connectivity index (χ1) is 15.3. The van der Waals surface area contributed by atoms with Crippen LogP contribution in [0.1, 0.15) is 11.4 Å². The molecule has 1 saturated heterocycles. The van der Waals surface area contributed by atoms with Crippen LogP contribution in [0.5, 0.6) is 0 Å². The van der Waals surface area contributed by atoms with E-state index in [1.807, 2.05) is 18.5 Å². The zero-order chi connectivity index (χ0) is 23.0. The highest BCUT2D eigenvalue weighted by atomic mass is 32.2. The molecule has 1 fully saturated rings. The third kappa shape index (κ3) is 4.07. The van der Waals surface area contributed by atoms with Gasteiger partial charge in [-0.2, -0.15) is 0 Å². The number of amides is 2. The van der Waals surface area contributed by atoms with Gasteiger partial charge in [0.05, 0.1) is 6.42 Å². The van der Waals surface area contributed by atoms with E-state index in [0.717, 1.165) is 5.82 Å². The summed E-state index contributed by atoms with van der Waals surface area (Å²) in [6.45, 7) is 1.83. The Morgan fingerprint density at radius 3 is 2.75 bits per heavy atom. The molecule has 2 aliphatic heterocycles. The number of carbonyl (C=O) groups excluding carboxylic acids is 2. The van der Waals surface area contributed by atoms with Gasteiger partial charge in [0.2, 0.25) is 5.91 Å². The fourth-order valence-electron chi connectivity index (χ4n) is 3.55. The number of hydrogen-bond acceptors (Lipinski definition) is 8. The third-order valence-corrected chi connectivity index (χ3v) is 7.85. The van der Waals surface area contributed by atoms with Gasteiger partial charge in [0.25, 0.3) is 5.91 Å². The van der Waals surface area contributed by atoms with Gasteiger partial charge in [0.15, 0.2) is 5.16 Å². The standard InChI is InChI=1S/C20H22N6O4S2/c1-10-23-24-20(25(10)2)32-9-12-8-31-18-15(17(28)26(18)16(12)19(29)30)22-14(27)7-11-5-3-4-6-13(11)21/h3-6,15,18H,7-9,21H2,1-2H3,(H,22,27)(H,29,30)/t15?,18-/m0/s1. The first kappa shape index (κ1) is 22.2. The predicted octanol–water partition coefficient (Wildman–Crippen LogP) is 0.779. The summed E-state index contributed by atoms with van der Waals surface area (Å²) < 4.78 is 1.82. The van der Waals surface area contributed by atoms with Gasteiger partial charge in [-0.25, -0.2) is 4.79 Å². The summed E-state index contributed by atoms with van der Waals surface area (Å²) in [5.41, 5.74) is 7.69. The Balaban J connectivity index is 1.45. The number of β-lactam (4-membered cyclic amide) rings is 1. The van der Waals surface area contributed by atoms with Crippen molar-refractivity contribution in [1.29, 1.82) is 0 Å². The normalized spacial score (nSPS) is 20.1. The first-order valence-electron chi connectivity index (χ1n) is 9.79. The van der Waals surface area contributed by atoms with Gasteiger partial charge in [-0.1, -0.05) is 30.0 Å². The smallest absolute Gasteiger partial charge is 0.352 e. The summed E-state index contributed by atoms with van der Waals surface area (Å²) >= 11 is 2.81. The maximum atomic E-state index is 12.8. The summed E-state index contributed by atoms with van der Waals surface area (Å²) in [7, 11) is 1.84. The molecule has 0 spiro atoms. The second-order valence-electron chi connectivity index (χ2n) is 7.47. The number of anilines is 1. The summed E-state index contributed by atoms with van der Waals surface area (Å²) in [5.74, 6) is -0.339. The number of benzene rings is 1. The minimum absolute atomic E-state index is 0.0112. The van der Waals surface area contributed by atoms with E-state index >= 15 is 0 Å². The van der Waals surface area contributed by atoms with Crippen molar-refractivity contribution in [3.05, 3.63) is 46.9 Å². The van der Waals surface area contributed by atoms with Crippen molar-refractivity contribution in [2.45, 2.75) is 29.9 Å². The van der Waals surface area contributed by atoms with E-state index in [4.69, 9.17) is 5.73 Å². The van der Waals surface area contributed by atoms with Crippen molar-refractivity contribution in [2.75, 3.05) is 17.2 Å². The van der Waals surface area contributed by atoms with E-state index in [9.17, 15) is 19.5 Å². The Morgan fingerprint density at radius 1 is 1.34 bits per heavy atom. The molecular weight excluding hydrogens is 452 g/mol. The number of carboxylic acids is 1. The lowest BCUT2D eigenvalue weighted by atomic mass is 10.0. The van der Waals surface area contributed by atoms with Crippen LogP contribution in [0.4, 0.5) is 5.69 Å². The molecule has 0 bridgehead atoms. The SMILES string of the molecule is Cc1nnc(SCC2=C(C(=O)O)N3C(=O)C(NC(=O)Cc4ccccc4N)[C@@H]3SC2)n1C. The minimum Gasteiger partial charge on any atom is -0.477 e. The summed E-state index contributed by atoms with van der Waals surface area (Å²) in [6.07, 6.45) is 0.0501. The van der Waals surface area contributed by atoms with E-state index in [1.165, 1.54) is 28.4 Å². The summed E-state index contributed by atoms with van der Waals surface area (Å²) in [6, 6.07) is 6.28. The molecule has 0 radical (unpaired) electrons. The summed E-state index contributed by atoms with van der Waals surface area (Å²) in [4.78, 5) is 38.5. The molecular formula is C20H22N6O4S2. The minimum atomic E-state index is -1.16. The zero-order valence-corrected chi connectivity index (χ0v) is 19.1. The third-order valence-electron chi connectivity index (χ3n) is 5.40. The van der Waals surface area contributed by atoms with Crippen LogP contribution in [-0.4, -0.2) is 65.5 Å². The van der Waals surface area contributed by atoms with Crippen LogP contribution in [0.15, 0.2) is 40.7 Å². The maximum Gasteiger partial charge on any atom is 0.352 e. The monoisotopic (exact) mass is 474 g/mol. The molecule has 32 heavy (non-hydrogen) atoms. The molecule has 2 atom stereocenters. The van der Waals surface area contributed by atoms with Crippen LogP contribution >= 0.6 is 23.5 Å². The molecule has 0 aliphatic carbocycles. The lowest BCUT2D eigenvalue weighted by molar-refractivity contribution is -0.150. The second kappa shape index (κ2) is 8.87. The number of aryl methyl sites for hydroxylation is 1. The number of aliphatic carboxylic acids is 1. The van der Waals surface area contributed by atoms with Crippen molar-refractivity contribution < 1.29 is 19.5 Å². The molecule has 168 valence electrons. The average Bonchev–Trinajstić information content (AvgIpc) is 3.09. The highest BCUT2D eigenvalue weighted by Gasteiger charge is 2.54. The van der Waals surface area contributed by atoms with Gasteiger partial charge in [-0.3, -0.25) is 14.5 Å². The lowest BCUT2D eigenvalue weighted by Gasteiger charge is -2.49. The van der Waals surface area contributed by atoms with Gasteiger partial charge in [0.1, 0.15) is 22.9 Å². The Kier molecular flexibility index (Phi) is 6.15. The van der Waals surface area contributed by atoms with Crippen molar-refractivity contribution >= 4 is 47.0 Å². The lowest BCUT2D eigenvalue weighted by Crippen LogP contribution is -2.70. The Morgan fingerprint density at radius 2 is 2.09 bits per heavy atom. The number of hydrogen-bond donors (Lipinski definition) is 3. The fourth-order valence-corrected chi connectivity index (χ4v) is 5.99. The quantitative estimate of drug-likeness (QED) is 0.301. The number of fused-ring (bicyclic) bond motifs is 1. The van der Waals surface area contributed by atoms with E-state index in [0.29, 0.717) is 33.5 Å². The molecule has 10 nitrogen and oxygen atoms in total. The van der Waals surface area contributed by atoms with Crippen molar-refractivity contribution in [3.8, 4) is 0 Å². The number of thioether (sulfide) groups is 2. The molecule has 4 N–H and O–H groups in total. The van der Waals surface area contributed by atoms with Crippen LogP contribution in [0.25, 0.3) is 0 Å². The highest BCUT2D eigenvalue weighted by Crippen LogP contribution is 2.41. The molecule has 2 amide bonds. The van der Waals surface area contributed by atoms with Crippen LogP contribution < -0.4 is 11.1 Å². The Hall–Kier alpha value is -2.99. The number of nitrogens with zero attached hydrogens (tertiary/aromatic N) is 4. The van der Waals surface area contributed by atoms with Crippen molar-refractivity contribution in [3.63, 3.8) is 0 Å². The number of carbonyl (C=O) groups is 3. The first-order valence-corrected chi connectivity index (χ1v) is 11.8. The van der Waals surface area contributed by atoms with E-state index in [2.05, 4.69) is 15.5 Å². The Labute approximate surface area is 192 Å². The van der Waals surface area contributed by atoms with E-state index in [-0.39, 0.29) is 18.0 Å². The molecule has 12 heteroatoms. The molecule has 1 unspecified atom stereocenters. The van der Waals surface area contributed by atoms with Crippen LogP contribution in [0.2, 0.25) is 0 Å². The van der Waals surface area contributed by atoms with Gasteiger partial charge >= 0.3 is 5.97 Å². The maximum absolute atomic E-state index is 12.8. The highest BCUT2D eigenvalue weighted by molar-refractivity contribution is 8.01. The number of carboxylic acid groups (broad SMARTS) is 1. The number of nitrogens with two attached hydrogens (primary N) is 1.